The van der Waals surface area contributed by atoms with Crippen LogP contribution in [-0.4, -0.2) is 53.1 Å². The molecule has 0 aromatic heterocycles. The molecule has 2 aromatic rings. The first-order valence-corrected chi connectivity index (χ1v) is 11.2. The third kappa shape index (κ3) is 3.98. The van der Waals surface area contributed by atoms with Gasteiger partial charge in [0, 0.05) is 18.7 Å². The molecule has 5 rings (SSSR count). The lowest BCUT2D eigenvalue weighted by molar-refractivity contribution is -0.120. The summed E-state index contributed by atoms with van der Waals surface area (Å²) in [7, 11) is 0. The van der Waals surface area contributed by atoms with Crippen LogP contribution >= 0.6 is 0 Å². The number of amides is 5. The molecule has 174 valence electrons. The number of rotatable bonds is 4. The normalized spacial score (nSPS) is 21.2. The Kier molecular flexibility index (Phi) is 5.48. The maximum Gasteiger partial charge on any atom is 0.256 e. The molecule has 0 radical (unpaired) electrons. The molecule has 34 heavy (non-hydrogen) atoms. The molecule has 0 bridgehead atoms. The van der Waals surface area contributed by atoms with Gasteiger partial charge in [-0.2, -0.15) is 0 Å². The molecule has 1 saturated heterocycles. The highest BCUT2D eigenvalue weighted by Gasteiger charge is 2.38. The number of hydrogen-bond acceptors (Lipinski definition) is 5. The van der Waals surface area contributed by atoms with Gasteiger partial charge in [-0.3, -0.25) is 24.0 Å². The summed E-state index contributed by atoms with van der Waals surface area (Å²) in [5, 5.41) is 10.9. The fourth-order valence-corrected chi connectivity index (χ4v) is 4.57. The van der Waals surface area contributed by atoms with Gasteiger partial charge in [0.1, 0.15) is 12.1 Å². The number of carbonyl (C=O) groups excluding carboxylic acids is 5. The van der Waals surface area contributed by atoms with Gasteiger partial charge >= 0.3 is 0 Å². The molecule has 10 heteroatoms. The maximum absolute atomic E-state index is 13.0. The van der Waals surface area contributed by atoms with Crippen molar-refractivity contribution in [3.63, 3.8) is 0 Å². The fraction of sp³-hybridized carbons (Fsp3) is 0.292. The summed E-state index contributed by atoms with van der Waals surface area (Å²) in [6, 6.07) is 10.1. The second-order valence-corrected chi connectivity index (χ2v) is 8.55. The lowest BCUT2D eigenvalue weighted by atomic mass is 10.1. The van der Waals surface area contributed by atoms with Gasteiger partial charge in [0.2, 0.25) is 17.7 Å². The molecular weight excluding hydrogens is 438 g/mol. The molecule has 3 aliphatic heterocycles. The third-order valence-corrected chi connectivity index (χ3v) is 6.32. The Hall–Kier alpha value is -4.21. The van der Waals surface area contributed by atoms with E-state index in [-0.39, 0.29) is 36.5 Å². The van der Waals surface area contributed by atoms with Gasteiger partial charge in [-0.1, -0.05) is 12.1 Å². The van der Waals surface area contributed by atoms with E-state index < -0.39 is 18.0 Å². The minimum absolute atomic E-state index is 0.0231. The van der Waals surface area contributed by atoms with Gasteiger partial charge in [0.25, 0.3) is 11.8 Å². The maximum atomic E-state index is 13.0. The van der Waals surface area contributed by atoms with E-state index in [1.807, 2.05) is 0 Å². The highest BCUT2D eigenvalue weighted by molar-refractivity contribution is 6.11. The first kappa shape index (κ1) is 21.6. The Morgan fingerprint density at radius 3 is 2.59 bits per heavy atom. The average molecular weight is 461 g/mol. The smallest absolute Gasteiger partial charge is 0.256 e. The van der Waals surface area contributed by atoms with E-state index in [2.05, 4.69) is 21.3 Å². The molecule has 0 spiro atoms. The number of fused-ring (bicyclic) bond motifs is 3. The molecular formula is C24H23N5O5. The summed E-state index contributed by atoms with van der Waals surface area (Å²) in [5.74, 6) is -1.59. The molecule has 3 heterocycles. The van der Waals surface area contributed by atoms with Crippen LogP contribution in [0.15, 0.2) is 42.5 Å². The van der Waals surface area contributed by atoms with Crippen LogP contribution in [0.4, 0.5) is 17.1 Å². The number of para-hydroxylation sites is 1. The molecule has 3 aliphatic rings. The SMILES string of the molecule is O=C(CCC1NC(=O)c2ccccc2NC1=O)Nc1ccc2c(c1)C(=O)N1CCCC1C(=O)N2. The number of benzene rings is 2. The summed E-state index contributed by atoms with van der Waals surface area (Å²) < 4.78 is 0. The summed E-state index contributed by atoms with van der Waals surface area (Å²) in [6.07, 6.45) is 1.48. The zero-order chi connectivity index (χ0) is 23.8. The predicted molar refractivity (Wildman–Crippen MR) is 123 cm³/mol. The first-order chi connectivity index (χ1) is 16.4. The quantitative estimate of drug-likeness (QED) is 0.550. The molecule has 4 N–H and O–H groups in total. The van der Waals surface area contributed by atoms with Crippen molar-refractivity contribution in [2.24, 2.45) is 0 Å². The van der Waals surface area contributed by atoms with E-state index in [4.69, 9.17) is 0 Å². The molecule has 2 atom stereocenters. The summed E-state index contributed by atoms with van der Waals surface area (Å²) in [5.41, 5.74) is 1.94. The number of anilines is 3. The summed E-state index contributed by atoms with van der Waals surface area (Å²) in [4.78, 5) is 64.5. The molecule has 5 amide bonds. The Balaban J connectivity index is 1.24. The summed E-state index contributed by atoms with van der Waals surface area (Å²) in [6.45, 7) is 0.520. The topological polar surface area (TPSA) is 137 Å². The van der Waals surface area contributed by atoms with Crippen molar-refractivity contribution in [2.75, 3.05) is 22.5 Å². The van der Waals surface area contributed by atoms with Crippen molar-refractivity contribution in [1.29, 1.82) is 0 Å². The first-order valence-electron chi connectivity index (χ1n) is 11.2. The standard InChI is InChI=1S/C24H23N5O5/c30-20(10-9-18-22(32)26-16-5-2-1-4-14(16)21(31)28-18)25-13-7-8-17-15(12-13)24(34)29-11-3-6-19(29)23(33)27-17/h1-2,4-5,7-8,12,18-19H,3,6,9-11H2,(H,25,30)(H,26,32)(H,27,33)(H,28,31). The van der Waals surface area contributed by atoms with E-state index >= 15 is 0 Å². The van der Waals surface area contributed by atoms with Crippen LogP contribution in [0.3, 0.4) is 0 Å². The van der Waals surface area contributed by atoms with Crippen molar-refractivity contribution >= 4 is 46.6 Å². The van der Waals surface area contributed by atoms with E-state index in [0.717, 1.165) is 6.42 Å². The highest BCUT2D eigenvalue weighted by atomic mass is 16.2. The van der Waals surface area contributed by atoms with Crippen LogP contribution in [0.5, 0.6) is 0 Å². The van der Waals surface area contributed by atoms with Gasteiger partial charge in [0.15, 0.2) is 0 Å². The van der Waals surface area contributed by atoms with Gasteiger partial charge < -0.3 is 26.2 Å². The highest BCUT2D eigenvalue weighted by Crippen LogP contribution is 2.30. The van der Waals surface area contributed by atoms with E-state index in [1.165, 1.54) is 0 Å². The molecule has 2 aromatic carbocycles. The monoisotopic (exact) mass is 461 g/mol. The van der Waals surface area contributed by atoms with Crippen LogP contribution in [-0.2, 0) is 14.4 Å². The van der Waals surface area contributed by atoms with Gasteiger partial charge in [-0.15, -0.1) is 0 Å². The zero-order valence-corrected chi connectivity index (χ0v) is 18.2. The number of nitrogens with one attached hydrogen (secondary N) is 4. The lowest BCUT2D eigenvalue weighted by Gasteiger charge is -2.20. The van der Waals surface area contributed by atoms with Crippen molar-refractivity contribution in [2.45, 2.75) is 37.8 Å². The van der Waals surface area contributed by atoms with Crippen LogP contribution in [0.2, 0.25) is 0 Å². The fourth-order valence-electron chi connectivity index (χ4n) is 4.57. The minimum atomic E-state index is -0.860. The second kappa shape index (κ2) is 8.62. The van der Waals surface area contributed by atoms with Crippen LogP contribution in [0.1, 0.15) is 46.4 Å². The minimum Gasteiger partial charge on any atom is -0.340 e. The average Bonchev–Trinajstić information content (AvgIpc) is 3.24. The molecule has 1 fully saturated rings. The van der Waals surface area contributed by atoms with E-state index in [9.17, 15) is 24.0 Å². The molecule has 0 saturated carbocycles. The van der Waals surface area contributed by atoms with Crippen molar-refractivity contribution in [3.8, 4) is 0 Å². The van der Waals surface area contributed by atoms with Gasteiger partial charge in [-0.25, -0.2) is 0 Å². The molecule has 2 unspecified atom stereocenters. The number of carbonyl (C=O) groups is 5. The molecule has 10 nitrogen and oxygen atoms in total. The third-order valence-electron chi connectivity index (χ3n) is 6.32. The largest absolute Gasteiger partial charge is 0.340 e. The van der Waals surface area contributed by atoms with E-state index in [1.54, 1.807) is 47.4 Å². The van der Waals surface area contributed by atoms with Crippen LogP contribution < -0.4 is 21.3 Å². The van der Waals surface area contributed by atoms with E-state index in [0.29, 0.717) is 41.2 Å². The van der Waals surface area contributed by atoms with Crippen molar-refractivity contribution in [3.05, 3.63) is 53.6 Å². The Morgan fingerprint density at radius 2 is 1.74 bits per heavy atom. The Bertz CT molecular complexity index is 1230. The zero-order valence-electron chi connectivity index (χ0n) is 18.2. The van der Waals surface area contributed by atoms with Crippen molar-refractivity contribution in [1.82, 2.24) is 10.2 Å². The van der Waals surface area contributed by atoms with Gasteiger partial charge in [0.05, 0.1) is 22.5 Å². The predicted octanol–water partition coefficient (Wildman–Crippen LogP) is 1.71. The number of nitrogens with zero attached hydrogens (tertiary/aromatic N) is 1. The van der Waals surface area contributed by atoms with Crippen LogP contribution in [0, 0.1) is 0 Å². The number of hydrogen-bond donors (Lipinski definition) is 4. The lowest BCUT2D eigenvalue weighted by Crippen LogP contribution is -2.41. The Morgan fingerprint density at radius 1 is 0.971 bits per heavy atom. The van der Waals surface area contributed by atoms with Crippen molar-refractivity contribution < 1.29 is 24.0 Å². The Labute approximate surface area is 195 Å². The molecule has 0 aliphatic carbocycles. The summed E-state index contributed by atoms with van der Waals surface area (Å²) >= 11 is 0. The second-order valence-electron chi connectivity index (χ2n) is 8.55. The van der Waals surface area contributed by atoms with Crippen LogP contribution in [0.25, 0.3) is 0 Å². The van der Waals surface area contributed by atoms with Gasteiger partial charge in [-0.05, 0) is 49.6 Å².